The summed E-state index contributed by atoms with van der Waals surface area (Å²) in [5, 5.41) is 12.8. The molecule has 1 unspecified atom stereocenters. The number of β-amino-alcohol motifs (C(OH)–C–C–N with tert-alkyl or cyclic N) is 1. The third-order valence-corrected chi connectivity index (χ3v) is 4.35. The predicted molar refractivity (Wildman–Crippen MR) is 67.0 cm³/mol. The Labute approximate surface area is 116 Å². The zero-order valence-corrected chi connectivity index (χ0v) is 11.4. The molecular formula is C13H21F3N2O2. The number of amides is 1. The normalized spacial score (nSPS) is 28.9. The molecule has 0 aromatic carbocycles. The van der Waals surface area contributed by atoms with Crippen LogP contribution in [0.15, 0.2) is 0 Å². The molecule has 116 valence electrons. The fourth-order valence-electron chi connectivity index (χ4n) is 2.89. The Morgan fingerprint density at radius 2 is 2.00 bits per heavy atom. The van der Waals surface area contributed by atoms with E-state index in [2.05, 4.69) is 5.32 Å². The Balaban J connectivity index is 1.79. The molecule has 0 aromatic rings. The minimum atomic E-state index is -4.67. The van der Waals surface area contributed by atoms with Crippen LogP contribution in [0.3, 0.4) is 0 Å². The minimum absolute atomic E-state index is 0.0128. The molecule has 2 fully saturated rings. The maximum atomic E-state index is 12.7. The van der Waals surface area contributed by atoms with Gasteiger partial charge in [0.05, 0.1) is 6.54 Å². The highest BCUT2D eigenvalue weighted by atomic mass is 19.4. The van der Waals surface area contributed by atoms with Gasteiger partial charge in [-0.3, -0.25) is 4.79 Å². The first kappa shape index (κ1) is 15.6. The molecule has 2 aliphatic rings. The Morgan fingerprint density at radius 3 is 2.55 bits per heavy atom. The van der Waals surface area contributed by atoms with Crippen molar-refractivity contribution < 1.29 is 23.1 Å². The summed E-state index contributed by atoms with van der Waals surface area (Å²) < 4.78 is 38.0. The number of hydrogen-bond acceptors (Lipinski definition) is 3. The largest absolute Gasteiger partial charge is 0.419 e. The van der Waals surface area contributed by atoms with Crippen LogP contribution in [0.1, 0.15) is 32.1 Å². The number of hydrogen-bond donors (Lipinski definition) is 2. The van der Waals surface area contributed by atoms with Crippen LogP contribution in [-0.2, 0) is 4.79 Å². The van der Waals surface area contributed by atoms with Gasteiger partial charge < -0.3 is 15.3 Å². The molecule has 0 aromatic heterocycles. The number of piperidine rings is 1. The number of nitrogens with one attached hydrogen (secondary N) is 1. The monoisotopic (exact) mass is 294 g/mol. The lowest BCUT2D eigenvalue weighted by atomic mass is 9.93. The van der Waals surface area contributed by atoms with Gasteiger partial charge in [0.15, 0.2) is 5.60 Å². The molecule has 4 nitrogen and oxygen atoms in total. The summed E-state index contributed by atoms with van der Waals surface area (Å²) in [6.45, 7) is 1.25. The van der Waals surface area contributed by atoms with E-state index in [1.807, 2.05) is 0 Å². The van der Waals surface area contributed by atoms with E-state index in [1.54, 1.807) is 0 Å². The number of alkyl halides is 3. The van der Waals surface area contributed by atoms with E-state index in [1.165, 1.54) is 0 Å². The van der Waals surface area contributed by atoms with Gasteiger partial charge in [-0.1, -0.05) is 0 Å². The summed E-state index contributed by atoms with van der Waals surface area (Å²) in [6, 6.07) is 0. The molecule has 0 bridgehead atoms. The molecule has 2 saturated heterocycles. The molecule has 2 N–H and O–H groups in total. The minimum Gasteiger partial charge on any atom is -0.379 e. The Bertz CT molecular complexity index is 356. The van der Waals surface area contributed by atoms with Crippen LogP contribution in [0.2, 0.25) is 0 Å². The molecule has 1 atom stereocenters. The Hall–Kier alpha value is -0.820. The van der Waals surface area contributed by atoms with Gasteiger partial charge in [-0.25, -0.2) is 0 Å². The first-order chi connectivity index (χ1) is 9.32. The van der Waals surface area contributed by atoms with Crippen LogP contribution in [0, 0.1) is 5.92 Å². The van der Waals surface area contributed by atoms with Crippen LogP contribution in [0.5, 0.6) is 0 Å². The lowest BCUT2D eigenvalue weighted by Gasteiger charge is -2.26. The fraction of sp³-hybridized carbons (Fsp3) is 0.923. The molecule has 0 spiro atoms. The second kappa shape index (κ2) is 5.89. The summed E-state index contributed by atoms with van der Waals surface area (Å²) in [5.41, 5.74) is -2.72. The highest BCUT2D eigenvalue weighted by molar-refractivity contribution is 5.76. The quantitative estimate of drug-likeness (QED) is 0.825. The summed E-state index contributed by atoms with van der Waals surface area (Å²) in [7, 11) is 0. The van der Waals surface area contributed by atoms with Gasteiger partial charge in [0.25, 0.3) is 0 Å². The Morgan fingerprint density at radius 1 is 1.35 bits per heavy atom. The smallest absolute Gasteiger partial charge is 0.379 e. The fourth-order valence-corrected chi connectivity index (χ4v) is 2.89. The van der Waals surface area contributed by atoms with Crippen molar-refractivity contribution in [1.29, 1.82) is 0 Å². The number of rotatable bonds is 3. The molecule has 0 aliphatic carbocycles. The summed E-state index contributed by atoms with van der Waals surface area (Å²) in [6.07, 6.45) is -2.06. The van der Waals surface area contributed by atoms with Gasteiger partial charge in [-0.05, 0) is 38.3 Å². The molecule has 2 heterocycles. The van der Waals surface area contributed by atoms with Crippen molar-refractivity contribution in [3.63, 3.8) is 0 Å². The zero-order valence-electron chi connectivity index (χ0n) is 11.4. The third kappa shape index (κ3) is 3.44. The van der Waals surface area contributed by atoms with E-state index < -0.39 is 24.7 Å². The van der Waals surface area contributed by atoms with Crippen LogP contribution in [0.4, 0.5) is 13.2 Å². The third-order valence-electron chi connectivity index (χ3n) is 4.35. The highest BCUT2D eigenvalue weighted by Gasteiger charge is 2.57. The van der Waals surface area contributed by atoms with Crippen molar-refractivity contribution >= 4 is 5.91 Å². The number of likely N-dealkylation sites (tertiary alicyclic amines) is 1. The molecule has 0 saturated carbocycles. The van der Waals surface area contributed by atoms with E-state index in [-0.39, 0.29) is 18.9 Å². The molecule has 20 heavy (non-hydrogen) atoms. The van der Waals surface area contributed by atoms with E-state index in [0.717, 1.165) is 37.3 Å². The molecule has 7 heteroatoms. The second-order valence-electron chi connectivity index (χ2n) is 5.83. The number of nitrogens with zero attached hydrogens (tertiary/aromatic N) is 1. The average molecular weight is 294 g/mol. The van der Waals surface area contributed by atoms with E-state index in [9.17, 15) is 23.1 Å². The van der Waals surface area contributed by atoms with Crippen molar-refractivity contribution in [3.8, 4) is 0 Å². The van der Waals surface area contributed by atoms with Crippen LogP contribution >= 0.6 is 0 Å². The van der Waals surface area contributed by atoms with Gasteiger partial charge in [0, 0.05) is 19.4 Å². The standard InChI is InChI=1S/C13H21F3N2O2/c14-13(15,16)12(20)5-8-18(9-12)11(19)2-1-10-3-6-17-7-4-10/h10,17,20H,1-9H2. The van der Waals surface area contributed by atoms with Crippen molar-refractivity contribution in [3.05, 3.63) is 0 Å². The van der Waals surface area contributed by atoms with Gasteiger partial charge in [0.2, 0.25) is 5.91 Å². The summed E-state index contributed by atoms with van der Waals surface area (Å²) in [5.74, 6) is 0.202. The molecule has 2 rings (SSSR count). The van der Waals surface area contributed by atoms with Crippen LogP contribution in [-0.4, -0.2) is 53.9 Å². The first-order valence-corrected chi connectivity index (χ1v) is 7.09. The van der Waals surface area contributed by atoms with Crippen molar-refractivity contribution in [2.75, 3.05) is 26.2 Å². The highest BCUT2D eigenvalue weighted by Crippen LogP contribution is 2.37. The lowest BCUT2D eigenvalue weighted by molar-refractivity contribution is -0.253. The lowest BCUT2D eigenvalue weighted by Crippen LogP contribution is -2.48. The van der Waals surface area contributed by atoms with Crippen molar-refractivity contribution in [2.45, 2.75) is 43.9 Å². The van der Waals surface area contributed by atoms with Crippen LogP contribution in [0.25, 0.3) is 0 Å². The van der Waals surface area contributed by atoms with E-state index in [4.69, 9.17) is 0 Å². The van der Waals surface area contributed by atoms with Crippen molar-refractivity contribution in [2.24, 2.45) is 5.92 Å². The van der Waals surface area contributed by atoms with Crippen LogP contribution < -0.4 is 5.32 Å². The Kier molecular flexibility index (Phi) is 4.59. The molecule has 2 aliphatic heterocycles. The van der Waals surface area contributed by atoms with Gasteiger partial charge in [0.1, 0.15) is 0 Å². The number of carbonyl (C=O) groups is 1. The maximum Gasteiger partial charge on any atom is 0.419 e. The van der Waals surface area contributed by atoms with E-state index >= 15 is 0 Å². The first-order valence-electron chi connectivity index (χ1n) is 7.09. The SMILES string of the molecule is O=C(CCC1CCNCC1)N1CCC(O)(C(F)(F)F)C1. The number of aliphatic hydroxyl groups is 1. The zero-order chi connectivity index (χ0) is 14.8. The van der Waals surface area contributed by atoms with Gasteiger partial charge >= 0.3 is 6.18 Å². The van der Waals surface area contributed by atoms with Crippen molar-refractivity contribution in [1.82, 2.24) is 10.2 Å². The topological polar surface area (TPSA) is 52.6 Å². The summed E-state index contributed by atoms with van der Waals surface area (Å²) >= 11 is 0. The molecular weight excluding hydrogens is 273 g/mol. The van der Waals surface area contributed by atoms with Gasteiger partial charge in [-0.15, -0.1) is 0 Å². The average Bonchev–Trinajstić information content (AvgIpc) is 2.81. The summed E-state index contributed by atoms with van der Waals surface area (Å²) in [4.78, 5) is 13.1. The second-order valence-corrected chi connectivity index (χ2v) is 5.83. The number of halogens is 3. The molecule has 1 amide bonds. The maximum absolute atomic E-state index is 12.7. The van der Waals surface area contributed by atoms with E-state index in [0.29, 0.717) is 5.92 Å². The number of carbonyl (C=O) groups excluding carboxylic acids is 1. The predicted octanol–water partition coefficient (Wildman–Crippen LogP) is 1.29. The van der Waals surface area contributed by atoms with Gasteiger partial charge in [-0.2, -0.15) is 13.2 Å². The molecule has 0 radical (unpaired) electrons.